The first-order chi connectivity index (χ1) is 6.00. The summed E-state index contributed by atoms with van der Waals surface area (Å²) >= 11 is 0. The van der Waals surface area contributed by atoms with Gasteiger partial charge < -0.3 is 9.88 Å². The molecule has 7 heteroatoms. The smallest absolute Gasteiger partial charge is 0.303 e. The van der Waals surface area contributed by atoms with Gasteiger partial charge in [-0.05, 0) is 6.92 Å². The minimum atomic E-state index is -3.55. The Hall–Kier alpha value is -1.37. The van der Waals surface area contributed by atoms with Crippen LogP contribution in [0.3, 0.4) is 0 Å². The Morgan fingerprint density at radius 2 is 2.23 bits per heavy atom. The molecule has 0 saturated heterocycles. The van der Waals surface area contributed by atoms with Crippen molar-refractivity contribution >= 4 is 21.7 Å². The van der Waals surface area contributed by atoms with Gasteiger partial charge in [-0.1, -0.05) is 0 Å². The number of aromatic nitrogens is 2. The highest BCUT2D eigenvalue weighted by atomic mass is 32.2. The van der Waals surface area contributed by atoms with Crippen LogP contribution in [0.25, 0.3) is 0 Å². The van der Waals surface area contributed by atoms with Crippen molar-refractivity contribution in [3.05, 3.63) is 6.33 Å². The normalized spacial score (nSPS) is 18.8. The minimum Gasteiger partial charge on any atom is -0.326 e. The first-order valence-corrected chi connectivity index (χ1v) is 5.04. The van der Waals surface area contributed by atoms with Crippen LogP contribution < -0.4 is 5.32 Å². The van der Waals surface area contributed by atoms with Gasteiger partial charge in [-0.15, -0.1) is 4.40 Å². The van der Waals surface area contributed by atoms with E-state index in [1.807, 2.05) is 0 Å². The molecule has 0 unspecified atom stereocenters. The van der Waals surface area contributed by atoms with Gasteiger partial charge in [0.25, 0.3) is 0 Å². The molecule has 0 spiro atoms. The maximum absolute atomic E-state index is 11.5. The summed E-state index contributed by atoms with van der Waals surface area (Å²) in [6.07, 6.45) is 1.43. The quantitative estimate of drug-likeness (QED) is 0.637. The van der Waals surface area contributed by atoms with Crippen LogP contribution in [0, 0.1) is 0 Å². The maximum atomic E-state index is 11.5. The molecule has 0 fully saturated rings. The van der Waals surface area contributed by atoms with Gasteiger partial charge in [-0.25, -0.2) is 4.98 Å². The van der Waals surface area contributed by atoms with Crippen molar-refractivity contribution < 1.29 is 8.42 Å². The van der Waals surface area contributed by atoms with Crippen molar-refractivity contribution in [1.82, 2.24) is 9.55 Å². The van der Waals surface area contributed by atoms with E-state index in [0.29, 0.717) is 11.7 Å². The van der Waals surface area contributed by atoms with Crippen molar-refractivity contribution in [2.45, 2.75) is 11.9 Å². The predicted molar refractivity (Wildman–Crippen MR) is 47.1 cm³/mol. The lowest BCUT2D eigenvalue weighted by atomic mass is 10.6. The van der Waals surface area contributed by atoms with Crippen LogP contribution >= 0.6 is 0 Å². The molecule has 2 heterocycles. The molecule has 0 amide bonds. The van der Waals surface area contributed by atoms with Crippen molar-refractivity contribution in [1.29, 1.82) is 0 Å². The lowest BCUT2D eigenvalue weighted by Crippen LogP contribution is -2.19. The summed E-state index contributed by atoms with van der Waals surface area (Å²) in [6.45, 7) is 1.58. The Kier molecular flexibility index (Phi) is 1.47. The van der Waals surface area contributed by atoms with Gasteiger partial charge in [0, 0.05) is 7.05 Å². The van der Waals surface area contributed by atoms with Crippen molar-refractivity contribution in [2.75, 3.05) is 5.32 Å². The molecule has 1 aliphatic heterocycles. The van der Waals surface area contributed by atoms with Crippen LogP contribution in [0.4, 0.5) is 5.82 Å². The van der Waals surface area contributed by atoms with Crippen molar-refractivity contribution in [3.63, 3.8) is 0 Å². The number of hydrogen-bond acceptors (Lipinski definition) is 4. The zero-order chi connectivity index (χ0) is 9.64. The number of hydrogen-bond donors (Lipinski definition) is 1. The van der Waals surface area contributed by atoms with Crippen LogP contribution in [0.2, 0.25) is 0 Å². The fourth-order valence-electron chi connectivity index (χ4n) is 1.23. The van der Waals surface area contributed by atoms with Gasteiger partial charge in [-0.2, -0.15) is 8.42 Å². The van der Waals surface area contributed by atoms with E-state index in [1.54, 1.807) is 14.0 Å². The molecule has 1 aromatic rings. The lowest BCUT2D eigenvalue weighted by molar-refractivity contribution is 0.587. The van der Waals surface area contributed by atoms with E-state index in [9.17, 15) is 8.42 Å². The third-order valence-corrected chi connectivity index (χ3v) is 3.17. The van der Waals surface area contributed by atoms with Gasteiger partial charge in [0.1, 0.15) is 5.84 Å². The highest BCUT2D eigenvalue weighted by Crippen LogP contribution is 2.24. The molecule has 13 heavy (non-hydrogen) atoms. The number of anilines is 1. The summed E-state index contributed by atoms with van der Waals surface area (Å²) in [4.78, 5) is 3.89. The molecule has 0 aromatic carbocycles. The second-order valence-corrected chi connectivity index (χ2v) is 4.31. The highest BCUT2D eigenvalue weighted by molar-refractivity contribution is 7.90. The van der Waals surface area contributed by atoms with E-state index < -0.39 is 10.0 Å². The number of amidine groups is 1. The van der Waals surface area contributed by atoms with Gasteiger partial charge in [0.2, 0.25) is 5.03 Å². The molecule has 70 valence electrons. The van der Waals surface area contributed by atoms with Gasteiger partial charge >= 0.3 is 10.0 Å². The van der Waals surface area contributed by atoms with Crippen LogP contribution in [0.1, 0.15) is 6.92 Å². The van der Waals surface area contributed by atoms with E-state index in [4.69, 9.17) is 0 Å². The molecule has 0 saturated carbocycles. The summed E-state index contributed by atoms with van der Waals surface area (Å²) in [6, 6.07) is 0. The molecule has 1 aliphatic rings. The minimum absolute atomic E-state index is 0.109. The molecule has 0 atom stereocenters. The topological polar surface area (TPSA) is 76.3 Å². The number of nitrogens with zero attached hydrogens (tertiary/aromatic N) is 3. The first-order valence-electron chi connectivity index (χ1n) is 3.60. The Labute approximate surface area is 75.4 Å². The fourth-order valence-corrected chi connectivity index (χ4v) is 2.48. The largest absolute Gasteiger partial charge is 0.326 e. The second-order valence-electron chi connectivity index (χ2n) is 2.79. The van der Waals surface area contributed by atoms with Gasteiger partial charge in [-0.3, -0.25) is 0 Å². The van der Waals surface area contributed by atoms with Crippen LogP contribution in [0.15, 0.2) is 15.8 Å². The average Bonchev–Trinajstić information content (AvgIpc) is 2.29. The van der Waals surface area contributed by atoms with E-state index >= 15 is 0 Å². The molecule has 1 aromatic heterocycles. The van der Waals surface area contributed by atoms with Crippen LogP contribution in [-0.2, 0) is 17.1 Å². The zero-order valence-electron chi connectivity index (χ0n) is 7.14. The summed E-state index contributed by atoms with van der Waals surface area (Å²) in [5.41, 5.74) is 0. The third-order valence-electron chi connectivity index (χ3n) is 1.68. The maximum Gasteiger partial charge on any atom is 0.303 e. The van der Waals surface area contributed by atoms with Crippen LogP contribution in [-0.4, -0.2) is 23.8 Å². The molecule has 2 rings (SSSR count). The highest BCUT2D eigenvalue weighted by Gasteiger charge is 2.27. The molecular formula is C6H8N4O2S. The van der Waals surface area contributed by atoms with Gasteiger partial charge in [0.05, 0.1) is 6.33 Å². The molecule has 0 bridgehead atoms. The standard InChI is InChI=1S/C6H8N4O2S/c1-4-8-5-6(10(2)3-7-5)13(11,12)9-4/h3H,1-2H3,(H,8,9). The summed E-state index contributed by atoms with van der Waals surface area (Å²) in [5.74, 6) is 0.682. The number of rotatable bonds is 0. The van der Waals surface area contributed by atoms with Gasteiger partial charge in [0.15, 0.2) is 5.82 Å². The third kappa shape index (κ3) is 1.12. The summed E-state index contributed by atoms with van der Waals surface area (Å²) in [7, 11) is -1.94. The summed E-state index contributed by atoms with van der Waals surface area (Å²) < 4.78 is 27.9. The zero-order valence-corrected chi connectivity index (χ0v) is 7.96. The SMILES string of the molecule is CC1=NS(=O)(=O)c2c(ncn2C)N1. The monoisotopic (exact) mass is 200 g/mol. The molecule has 6 nitrogen and oxygen atoms in total. The predicted octanol–water partition coefficient (Wildman–Crippen LogP) is -0.0473. The van der Waals surface area contributed by atoms with Crippen LogP contribution in [0.5, 0.6) is 0 Å². The van der Waals surface area contributed by atoms with E-state index in [0.717, 1.165) is 0 Å². The van der Waals surface area contributed by atoms with Crippen molar-refractivity contribution in [2.24, 2.45) is 11.4 Å². The molecular weight excluding hydrogens is 192 g/mol. The number of imidazole rings is 1. The van der Waals surface area contributed by atoms with E-state index in [-0.39, 0.29) is 5.03 Å². The van der Waals surface area contributed by atoms with Crippen molar-refractivity contribution in [3.8, 4) is 0 Å². The number of sulfonamides is 1. The number of fused-ring (bicyclic) bond motifs is 1. The Bertz CT molecular complexity index is 485. The molecule has 0 aliphatic carbocycles. The van der Waals surface area contributed by atoms with E-state index in [1.165, 1.54) is 10.9 Å². The second kappa shape index (κ2) is 2.32. The number of nitrogens with one attached hydrogen (secondary N) is 1. The fraction of sp³-hybridized carbons (Fsp3) is 0.333. The molecule has 0 radical (unpaired) electrons. The molecule has 1 N–H and O–H groups in total. The Morgan fingerprint density at radius 1 is 1.54 bits per heavy atom. The first kappa shape index (κ1) is 8.24. The Morgan fingerprint density at radius 3 is 2.92 bits per heavy atom. The Balaban J connectivity index is 2.76. The number of aryl methyl sites for hydroxylation is 1. The lowest BCUT2D eigenvalue weighted by Gasteiger charge is -2.11. The summed E-state index contributed by atoms with van der Waals surface area (Å²) in [5, 5.41) is 2.88. The average molecular weight is 200 g/mol. The van der Waals surface area contributed by atoms with E-state index in [2.05, 4.69) is 14.7 Å².